The Labute approximate surface area is 44.7 Å². The molecule has 0 atom stereocenters. The van der Waals surface area contributed by atoms with Gasteiger partial charge in [0.1, 0.15) is 0 Å². The van der Waals surface area contributed by atoms with Crippen LogP contribution in [0.5, 0.6) is 0 Å². The number of rotatable bonds is 0. The van der Waals surface area contributed by atoms with Crippen LogP contribution < -0.4 is 0 Å². The van der Waals surface area contributed by atoms with E-state index in [1.807, 2.05) is 20.8 Å². The Balaban J connectivity index is 3.54. The van der Waals surface area contributed by atoms with Gasteiger partial charge in [0.15, 0.2) is 0 Å². The van der Waals surface area contributed by atoms with E-state index in [1.165, 1.54) is 7.05 Å². The van der Waals surface area contributed by atoms with Crippen molar-refractivity contribution in [2.45, 2.75) is 26.3 Å². The zero-order valence-electron chi connectivity index (χ0n) is 5.36. The minimum Gasteiger partial charge on any atom is -0.785 e. The average Bonchev–Trinajstić information content (AvgIpc) is 1.31. The highest BCUT2D eigenvalue weighted by Gasteiger charge is 2.06. The van der Waals surface area contributed by atoms with Crippen molar-refractivity contribution in [3.63, 3.8) is 0 Å². The van der Waals surface area contributed by atoms with Gasteiger partial charge in [-0.2, -0.15) is 0 Å². The molecule has 0 unspecified atom stereocenters. The third-order valence-electron chi connectivity index (χ3n) is 0.945. The molecule has 0 amide bonds. The van der Waals surface area contributed by atoms with Crippen LogP contribution in [0.4, 0.5) is 0 Å². The summed E-state index contributed by atoms with van der Waals surface area (Å²) in [5.41, 5.74) is -0.222. The van der Waals surface area contributed by atoms with Crippen LogP contribution in [0.1, 0.15) is 20.8 Å². The topological polar surface area (TPSA) is 26.3 Å². The summed E-state index contributed by atoms with van der Waals surface area (Å²) in [6, 6.07) is 0. The smallest absolute Gasteiger partial charge is 0.000219 e. The highest BCUT2D eigenvalue weighted by Crippen LogP contribution is 2.06. The second-order valence-corrected chi connectivity index (χ2v) is 2.67. The molecule has 0 bridgehead atoms. The molecule has 0 aromatic rings. The zero-order valence-corrected chi connectivity index (χ0v) is 5.36. The molecule has 0 aliphatic heterocycles. The minimum absolute atomic E-state index is 0.222. The molecule has 0 saturated carbocycles. The molecule has 0 heterocycles. The maximum atomic E-state index is 10.4. The van der Waals surface area contributed by atoms with Crippen molar-refractivity contribution in [1.29, 1.82) is 0 Å². The Bertz CT molecular complexity index is 53.6. The van der Waals surface area contributed by atoms with Crippen LogP contribution in [0.2, 0.25) is 0 Å². The molecule has 0 aromatic carbocycles. The largest absolute Gasteiger partial charge is 0.785 e. The van der Waals surface area contributed by atoms with Gasteiger partial charge >= 0.3 is 0 Å². The monoisotopic (exact) mass is 102 g/mol. The lowest BCUT2D eigenvalue weighted by atomic mass is 10.1. The molecule has 0 aliphatic rings. The molecule has 0 fully saturated rings. The summed E-state index contributed by atoms with van der Waals surface area (Å²) in [6.45, 7) is 5.62. The van der Waals surface area contributed by atoms with Crippen molar-refractivity contribution in [2.75, 3.05) is 7.05 Å². The molecular formula is C5H12NO-. The molecule has 2 heteroatoms. The first kappa shape index (κ1) is 6.92. The first-order valence-electron chi connectivity index (χ1n) is 2.35. The Morgan fingerprint density at radius 2 is 1.43 bits per heavy atom. The Morgan fingerprint density at radius 1 is 1.29 bits per heavy atom. The summed E-state index contributed by atoms with van der Waals surface area (Å²) < 4.78 is 0. The van der Waals surface area contributed by atoms with E-state index >= 15 is 0 Å². The molecule has 0 spiro atoms. The van der Waals surface area contributed by atoms with Crippen molar-refractivity contribution in [3.05, 3.63) is 5.21 Å². The molecule has 2 nitrogen and oxygen atoms in total. The van der Waals surface area contributed by atoms with Gasteiger partial charge in [-0.3, -0.25) is 0 Å². The molecule has 0 aliphatic carbocycles. The number of nitrogens with zero attached hydrogens (tertiary/aromatic N) is 1. The van der Waals surface area contributed by atoms with Gasteiger partial charge in [-0.05, 0) is 27.8 Å². The quantitative estimate of drug-likeness (QED) is 0.430. The predicted molar refractivity (Wildman–Crippen MR) is 30.9 cm³/mol. The first-order valence-corrected chi connectivity index (χ1v) is 2.35. The summed E-state index contributed by atoms with van der Waals surface area (Å²) >= 11 is 0. The van der Waals surface area contributed by atoms with Gasteiger partial charge in [0.25, 0.3) is 0 Å². The lowest BCUT2D eigenvalue weighted by molar-refractivity contribution is 0.251. The fraction of sp³-hybridized carbons (Fsp3) is 1.00. The van der Waals surface area contributed by atoms with E-state index in [0.29, 0.717) is 0 Å². The van der Waals surface area contributed by atoms with Gasteiger partial charge in [0, 0.05) is 5.54 Å². The SMILES string of the molecule is CN([O-])C(C)(C)C. The number of hydroxylamine groups is 2. The third kappa shape index (κ3) is 2.60. The Hall–Kier alpha value is -0.0800. The fourth-order valence-corrected chi connectivity index (χ4v) is 0. The summed E-state index contributed by atoms with van der Waals surface area (Å²) in [4.78, 5) is 0. The van der Waals surface area contributed by atoms with Crippen molar-refractivity contribution in [2.24, 2.45) is 0 Å². The highest BCUT2D eigenvalue weighted by atomic mass is 16.5. The summed E-state index contributed by atoms with van der Waals surface area (Å²) in [5.74, 6) is 0. The molecule has 0 aromatic heterocycles. The molecule has 44 valence electrons. The average molecular weight is 102 g/mol. The van der Waals surface area contributed by atoms with E-state index in [-0.39, 0.29) is 5.54 Å². The van der Waals surface area contributed by atoms with Gasteiger partial charge < -0.3 is 10.3 Å². The fourth-order valence-electron chi connectivity index (χ4n) is 0. The number of hydrogen-bond acceptors (Lipinski definition) is 2. The van der Waals surface area contributed by atoms with E-state index in [4.69, 9.17) is 0 Å². The second kappa shape index (κ2) is 1.80. The maximum absolute atomic E-state index is 10.4. The summed E-state index contributed by atoms with van der Waals surface area (Å²) in [6.07, 6.45) is 0. The highest BCUT2D eigenvalue weighted by molar-refractivity contribution is 4.71. The second-order valence-electron chi connectivity index (χ2n) is 2.67. The zero-order chi connectivity index (χ0) is 6.08. The lowest BCUT2D eigenvalue weighted by Gasteiger charge is -2.37. The van der Waals surface area contributed by atoms with Crippen LogP contribution in [0.25, 0.3) is 0 Å². The van der Waals surface area contributed by atoms with Crippen LogP contribution in [0.3, 0.4) is 0 Å². The standard InChI is InChI=1S/C5H12NO/c1-5(2,3)6(4)7/h1-4H3/q-1. The lowest BCUT2D eigenvalue weighted by Crippen LogP contribution is -2.32. The Kier molecular flexibility index (Phi) is 1.78. The maximum Gasteiger partial charge on any atom is 0.000219 e. The van der Waals surface area contributed by atoms with Gasteiger partial charge in [0.05, 0.1) is 0 Å². The van der Waals surface area contributed by atoms with Crippen LogP contribution >= 0.6 is 0 Å². The van der Waals surface area contributed by atoms with E-state index in [9.17, 15) is 5.21 Å². The van der Waals surface area contributed by atoms with Crippen molar-refractivity contribution in [1.82, 2.24) is 5.06 Å². The van der Waals surface area contributed by atoms with Crippen LogP contribution in [0, 0.1) is 5.21 Å². The van der Waals surface area contributed by atoms with Gasteiger partial charge in [-0.1, -0.05) is 0 Å². The van der Waals surface area contributed by atoms with E-state index in [2.05, 4.69) is 0 Å². The normalized spacial score (nSPS) is 12.9. The van der Waals surface area contributed by atoms with Crippen molar-refractivity contribution in [3.8, 4) is 0 Å². The molecule has 0 saturated heterocycles. The van der Waals surface area contributed by atoms with Gasteiger partial charge in [-0.15, -0.1) is 0 Å². The van der Waals surface area contributed by atoms with Gasteiger partial charge in [0.2, 0.25) is 0 Å². The first-order chi connectivity index (χ1) is 2.94. The van der Waals surface area contributed by atoms with Crippen LogP contribution in [-0.4, -0.2) is 17.6 Å². The molecule has 0 radical (unpaired) electrons. The summed E-state index contributed by atoms with van der Waals surface area (Å²) in [5, 5.41) is 11.3. The van der Waals surface area contributed by atoms with Crippen LogP contribution in [0.15, 0.2) is 0 Å². The molecule has 0 N–H and O–H groups in total. The molecular weight excluding hydrogens is 90.1 g/mol. The number of hydrogen-bond donors (Lipinski definition) is 0. The van der Waals surface area contributed by atoms with Crippen LogP contribution in [-0.2, 0) is 0 Å². The molecule has 0 rings (SSSR count). The Morgan fingerprint density at radius 3 is 1.43 bits per heavy atom. The van der Waals surface area contributed by atoms with Crippen molar-refractivity contribution >= 4 is 0 Å². The predicted octanol–water partition coefficient (Wildman–Crippen LogP) is 1.21. The third-order valence-corrected chi connectivity index (χ3v) is 0.945. The van der Waals surface area contributed by atoms with Gasteiger partial charge in [-0.25, -0.2) is 0 Å². The van der Waals surface area contributed by atoms with E-state index in [0.717, 1.165) is 5.06 Å². The van der Waals surface area contributed by atoms with E-state index < -0.39 is 0 Å². The van der Waals surface area contributed by atoms with E-state index in [1.54, 1.807) is 0 Å². The summed E-state index contributed by atoms with van der Waals surface area (Å²) in [7, 11) is 1.53. The minimum atomic E-state index is -0.222. The van der Waals surface area contributed by atoms with Crippen molar-refractivity contribution < 1.29 is 0 Å². The molecule has 7 heavy (non-hydrogen) atoms.